The van der Waals surface area contributed by atoms with Gasteiger partial charge in [-0.25, -0.2) is 4.79 Å². The molecule has 1 saturated heterocycles. The van der Waals surface area contributed by atoms with Crippen LogP contribution in [0.25, 0.3) is 0 Å². The molecule has 12 heteroatoms. The quantitative estimate of drug-likeness (QED) is 0.441. The molecule has 0 radical (unpaired) electrons. The van der Waals surface area contributed by atoms with Crippen molar-refractivity contribution in [1.82, 2.24) is 10.2 Å². The summed E-state index contributed by atoms with van der Waals surface area (Å²) in [6, 6.07) is 1.52. The van der Waals surface area contributed by atoms with Gasteiger partial charge in [-0.15, -0.1) is 10.2 Å². The second-order valence-corrected chi connectivity index (χ2v) is 8.73. The fourth-order valence-corrected chi connectivity index (χ4v) is 4.39. The molecule has 1 aliphatic heterocycles. The van der Waals surface area contributed by atoms with E-state index < -0.39 is 11.5 Å². The number of nitrogens with zero attached hydrogens (tertiary/aromatic N) is 3. The SMILES string of the molecule is COC[C@H](C)[C@H]1CCN(c2cc(C(=O)Nc3nnc(N/C(C)=C\C=N)s3)oc(=O)c2OC)C1. The smallest absolute Gasteiger partial charge is 0.381 e. The molecule has 33 heavy (non-hydrogen) atoms. The predicted molar refractivity (Wildman–Crippen MR) is 127 cm³/mol. The van der Waals surface area contributed by atoms with Crippen LogP contribution in [0.1, 0.15) is 30.8 Å². The minimum Gasteiger partial charge on any atom is -0.488 e. The summed E-state index contributed by atoms with van der Waals surface area (Å²) in [6.45, 7) is 6.03. The van der Waals surface area contributed by atoms with Gasteiger partial charge in [0.05, 0.1) is 12.8 Å². The van der Waals surface area contributed by atoms with Gasteiger partial charge in [-0.3, -0.25) is 10.1 Å². The van der Waals surface area contributed by atoms with Crippen LogP contribution in [0.3, 0.4) is 0 Å². The Balaban J connectivity index is 1.78. The first-order valence-electron chi connectivity index (χ1n) is 10.4. The van der Waals surface area contributed by atoms with Crippen molar-refractivity contribution in [3.8, 4) is 5.75 Å². The van der Waals surface area contributed by atoms with E-state index in [1.807, 2.05) is 4.90 Å². The van der Waals surface area contributed by atoms with E-state index in [-0.39, 0.29) is 16.6 Å². The number of hydrogen-bond donors (Lipinski definition) is 3. The van der Waals surface area contributed by atoms with Gasteiger partial charge in [0.1, 0.15) is 0 Å². The minimum atomic E-state index is -0.722. The molecule has 1 aliphatic rings. The number of rotatable bonds is 10. The van der Waals surface area contributed by atoms with E-state index in [4.69, 9.17) is 19.3 Å². The van der Waals surface area contributed by atoms with Crippen molar-refractivity contribution >= 4 is 39.4 Å². The lowest BCUT2D eigenvalue weighted by Gasteiger charge is -2.22. The van der Waals surface area contributed by atoms with Crippen LogP contribution in [-0.4, -0.2) is 56.2 Å². The van der Waals surface area contributed by atoms with Gasteiger partial charge in [0, 0.05) is 44.8 Å². The van der Waals surface area contributed by atoms with E-state index in [0.29, 0.717) is 35.0 Å². The molecule has 11 nitrogen and oxygen atoms in total. The molecular weight excluding hydrogens is 448 g/mol. The maximum Gasteiger partial charge on any atom is 0.381 e. The van der Waals surface area contributed by atoms with Crippen molar-refractivity contribution in [3.05, 3.63) is 34.0 Å². The zero-order chi connectivity index (χ0) is 24.0. The van der Waals surface area contributed by atoms with Crippen molar-refractivity contribution < 1.29 is 18.7 Å². The highest BCUT2D eigenvalue weighted by Gasteiger charge is 2.30. The normalized spacial score (nSPS) is 17.0. The Bertz CT molecular complexity index is 1080. The molecule has 2 atom stereocenters. The molecule has 1 fully saturated rings. The number of methoxy groups -OCH3 is 2. The van der Waals surface area contributed by atoms with Crippen molar-refractivity contribution in [2.75, 3.05) is 49.4 Å². The molecule has 2 aromatic rings. The fraction of sp³-hybridized carbons (Fsp3) is 0.476. The minimum absolute atomic E-state index is 0.0717. The highest BCUT2D eigenvalue weighted by molar-refractivity contribution is 7.19. The van der Waals surface area contributed by atoms with Crippen LogP contribution in [0.2, 0.25) is 0 Å². The standard InChI is InChI=1S/C21H28N6O5S/c1-12(11-30-3)14-6-8-27(10-14)15-9-16(32-19(29)17(15)31-4)18(28)24-21-26-25-20(33-21)23-13(2)5-7-22/h5,7,9,12,14,22H,6,8,10-11H2,1-4H3,(H,23,25)(H,24,26,28)/b13-5-,22-7?/t12-,14-/m0/s1. The van der Waals surface area contributed by atoms with Gasteiger partial charge in [-0.1, -0.05) is 18.3 Å². The molecule has 3 rings (SSSR count). The summed E-state index contributed by atoms with van der Waals surface area (Å²) >= 11 is 1.11. The molecule has 0 aromatic carbocycles. The molecule has 0 bridgehead atoms. The molecule has 0 unspecified atom stereocenters. The summed E-state index contributed by atoms with van der Waals surface area (Å²) in [6.07, 6.45) is 3.66. The van der Waals surface area contributed by atoms with Crippen LogP contribution in [0.15, 0.2) is 27.1 Å². The third-order valence-corrected chi connectivity index (χ3v) is 6.15. The first kappa shape index (κ1) is 24.4. The number of carbonyl (C=O) groups is 1. The van der Waals surface area contributed by atoms with E-state index in [0.717, 1.165) is 37.1 Å². The maximum atomic E-state index is 12.8. The fourth-order valence-electron chi connectivity index (χ4n) is 3.69. The molecule has 0 saturated carbocycles. The molecule has 178 valence electrons. The summed E-state index contributed by atoms with van der Waals surface area (Å²) in [4.78, 5) is 27.4. The van der Waals surface area contributed by atoms with Crippen molar-refractivity contribution in [2.24, 2.45) is 11.8 Å². The lowest BCUT2D eigenvalue weighted by molar-refractivity contribution is 0.0991. The van der Waals surface area contributed by atoms with E-state index in [1.54, 1.807) is 20.1 Å². The molecular formula is C21H28N6O5S. The molecule has 3 N–H and O–H groups in total. The topological polar surface area (TPSA) is 143 Å². The third-order valence-electron chi connectivity index (χ3n) is 5.40. The van der Waals surface area contributed by atoms with Gasteiger partial charge >= 0.3 is 5.63 Å². The first-order valence-corrected chi connectivity index (χ1v) is 11.2. The zero-order valence-electron chi connectivity index (χ0n) is 19.0. The highest BCUT2D eigenvalue weighted by atomic mass is 32.1. The van der Waals surface area contributed by atoms with Crippen LogP contribution in [0.5, 0.6) is 5.75 Å². The number of carbonyl (C=O) groups excluding carboxylic acids is 1. The van der Waals surface area contributed by atoms with Crippen LogP contribution < -0.4 is 25.9 Å². The van der Waals surface area contributed by atoms with Gasteiger partial charge in [-0.2, -0.15) is 0 Å². The average Bonchev–Trinajstić information content (AvgIpc) is 3.43. The van der Waals surface area contributed by atoms with Crippen LogP contribution in [-0.2, 0) is 4.74 Å². The Morgan fingerprint density at radius 1 is 1.39 bits per heavy atom. The Labute approximate surface area is 195 Å². The lowest BCUT2D eigenvalue weighted by atomic mass is 9.94. The van der Waals surface area contributed by atoms with Crippen LogP contribution >= 0.6 is 11.3 Å². The summed E-state index contributed by atoms with van der Waals surface area (Å²) in [5.74, 6) is 0.0772. The Kier molecular flexibility index (Phi) is 8.17. The van der Waals surface area contributed by atoms with Gasteiger partial charge in [0.2, 0.25) is 16.0 Å². The highest BCUT2D eigenvalue weighted by Crippen LogP contribution is 2.33. The van der Waals surface area contributed by atoms with Gasteiger partial charge in [0.15, 0.2) is 5.76 Å². The number of nitrogens with one attached hydrogen (secondary N) is 3. The Morgan fingerprint density at radius 2 is 2.12 bits per heavy atom. The van der Waals surface area contributed by atoms with Crippen molar-refractivity contribution in [2.45, 2.75) is 20.3 Å². The van der Waals surface area contributed by atoms with E-state index in [2.05, 4.69) is 27.8 Å². The van der Waals surface area contributed by atoms with E-state index in [9.17, 15) is 9.59 Å². The number of amides is 1. The van der Waals surface area contributed by atoms with Crippen LogP contribution in [0, 0.1) is 17.2 Å². The summed E-state index contributed by atoms with van der Waals surface area (Å²) in [5, 5.41) is 21.2. The zero-order valence-corrected chi connectivity index (χ0v) is 19.8. The second-order valence-electron chi connectivity index (χ2n) is 7.75. The predicted octanol–water partition coefficient (Wildman–Crippen LogP) is 2.83. The summed E-state index contributed by atoms with van der Waals surface area (Å²) in [7, 11) is 3.09. The number of allylic oxidation sites excluding steroid dienone is 2. The number of hydrogen-bond acceptors (Lipinski definition) is 11. The number of aromatic nitrogens is 2. The monoisotopic (exact) mass is 476 g/mol. The Hall–Kier alpha value is -3.25. The van der Waals surface area contributed by atoms with Crippen LogP contribution in [0.4, 0.5) is 16.0 Å². The molecule has 3 heterocycles. The molecule has 0 aliphatic carbocycles. The lowest BCUT2D eigenvalue weighted by Crippen LogP contribution is -2.26. The second kappa shape index (κ2) is 11.1. The van der Waals surface area contributed by atoms with Gasteiger partial charge in [0.25, 0.3) is 5.91 Å². The van der Waals surface area contributed by atoms with Gasteiger partial charge in [-0.05, 0) is 31.3 Å². The Morgan fingerprint density at radius 3 is 2.79 bits per heavy atom. The van der Waals surface area contributed by atoms with E-state index in [1.165, 1.54) is 13.2 Å². The first-order chi connectivity index (χ1) is 15.9. The van der Waals surface area contributed by atoms with Gasteiger partial charge < -0.3 is 29.5 Å². The summed E-state index contributed by atoms with van der Waals surface area (Å²) < 4.78 is 15.8. The average molecular weight is 477 g/mol. The van der Waals surface area contributed by atoms with Crippen molar-refractivity contribution in [3.63, 3.8) is 0 Å². The molecule has 1 amide bonds. The number of ether oxygens (including phenoxy) is 2. The largest absolute Gasteiger partial charge is 0.488 e. The summed E-state index contributed by atoms with van der Waals surface area (Å²) in [5.41, 5.74) is 0.507. The number of anilines is 3. The molecule has 0 spiro atoms. The maximum absolute atomic E-state index is 12.8. The third kappa shape index (κ3) is 5.96. The molecule has 2 aromatic heterocycles. The van der Waals surface area contributed by atoms with Crippen molar-refractivity contribution in [1.29, 1.82) is 5.41 Å². The van der Waals surface area contributed by atoms with E-state index >= 15 is 0 Å².